The molecule has 6 heteroatoms. The summed E-state index contributed by atoms with van der Waals surface area (Å²) in [7, 11) is 0. The van der Waals surface area contributed by atoms with Crippen LogP contribution in [-0.2, 0) is 0 Å². The zero-order chi connectivity index (χ0) is 14.9. The lowest BCUT2D eigenvalue weighted by Crippen LogP contribution is -2.33. The first-order valence-corrected chi connectivity index (χ1v) is 7.32. The zero-order valence-corrected chi connectivity index (χ0v) is 12.8. The molecule has 1 atom stereocenters. The Bertz CT molecular complexity index is 532. The summed E-state index contributed by atoms with van der Waals surface area (Å²) in [4.78, 5) is 14.2. The molecule has 2 rings (SSSR count). The Morgan fingerprint density at radius 3 is 2.75 bits per heavy atom. The fraction of sp³-hybridized carbons (Fsp3) is 0.500. The molecule has 3 N–H and O–H groups in total. The van der Waals surface area contributed by atoms with Crippen LogP contribution < -0.4 is 5.73 Å². The fourth-order valence-electron chi connectivity index (χ4n) is 2.40. The average molecular weight is 317 g/mol. The molecule has 0 aromatic heterocycles. The predicted octanol–water partition coefficient (Wildman–Crippen LogP) is 2.95. The van der Waals surface area contributed by atoms with Crippen LogP contribution in [0.2, 0.25) is 10.0 Å². The number of nitrogen functional groups attached to an aromatic ring is 1. The van der Waals surface area contributed by atoms with E-state index in [0.717, 1.165) is 6.42 Å². The summed E-state index contributed by atoms with van der Waals surface area (Å²) in [5.41, 5.74) is 5.72. The normalized spacial score (nSPS) is 23.5. The first-order chi connectivity index (χ1) is 9.30. The van der Waals surface area contributed by atoms with Gasteiger partial charge in [-0.25, -0.2) is 0 Å². The molecule has 4 nitrogen and oxygen atoms in total. The Balaban J connectivity index is 2.23. The van der Waals surface area contributed by atoms with Crippen LogP contribution in [0.25, 0.3) is 0 Å². The number of aliphatic hydroxyl groups is 1. The lowest BCUT2D eigenvalue weighted by molar-refractivity contribution is 0.0438. The molecule has 110 valence electrons. The molecule has 1 saturated heterocycles. The van der Waals surface area contributed by atoms with Crippen molar-refractivity contribution < 1.29 is 9.90 Å². The molecule has 1 heterocycles. The number of amides is 1. The van der Waals surface area contributed by atoms with Gasteiger partial charge in [0.1, 0.15) is 0 Å². The summed E-state index contributed by atoms with van der Waals surface area (Å²) in [6, 6.07) is 3.06. The van der Waals surface area contributed by atoms with Crippen molar-refractivity contribution in [1.29, 1.82) is 0 Å². The zero-order valence-electron chi connectivity index (χ0n) is 11.3. The molecule has 1 aliphatic rings. The van der Waals surface area contributed by atoms with E-state index in [9.17, 15) is 9.90 Å². The van der Waals surface area contributed by atoms with Gasteiger partial charge < -0.3 is 15.7 Å². The second-order valence-electron chi connectivity index (χ2n) is 5.51. The topological polar surface area (TPSA) is 66.6 Å². The second kappa shape index (κ2) is 5.80. The molecule has 1 fully saturated rings. The molecular weight excluding hydrogens is 299 g/mol. The molecule has 20 heavy (non-hydrogen) atoms. The van der Waals surface area contributed by atoms with Gasteiger partial charge in [-0.05, 0) is 38.3 Å². The molecule has 0 bridgehead atoms. The average Bonchev–Trinajstić information content (AvgIpc) is 2.54. The van der Waals surface area contributed by atoms with Crippen LogP contribution in [0, 0.1) is 0 Å². The smallest absolute Gasteiger partial charge is 0.255 e. The SMILES string of the molecule is CC1(O)CCCN(C(=O)c2cc(N)cc(Cl)c2Cl)CC1. The quantitative estimate of drug-likeness (QED) is 0.783. The third-order valence-corrected chi connectivity index (χ3v) is 4.43. The summed E-state index contributed by atoms with van der Waals surface area (Å²) in [6.45, 7) is 2.89. The minimum absolute atomic E-state index is 0.193. The van der Waals surface area contributed by atoms with Gasteiger partial charge in [0.05, 0.1) is 21.2 Å². The van der Waals surface area contributed by atoms with Gasteiger partial charge in [-0.1, -0.05) is 23.2 Å². The predicted molar refractivity (Wildman–Crippen MR) is 81.3 cm³/mol. The van der Waals surface area contributed by atoms with Crippen molar-refractivity contribution >= 4 is 34.8 Å². The number of likely N-dealkylation sites (tertiary alicyclic amines) is 1. The summed E-state index contributed by atoms with van der Waals surface area (Å²) >= 11 is 12.0. The monoisotopic (exact) mass is 316 g/mol. The maximum Gasteiger partial charge on any atom is 0.255 e. The van der Waals surface area contributed by atoms with Gasteiger partial charge in [0, 0.05) is 18.8 Å². The summed E-state index contributed by atoms with van der Waals surface area (Å²) in [5, 5.41) is 10.6. The maximum atomic E-state index is 12.5. The summed E-state index contributed by atoms with van der Waals surface area (Å²) in [5.74, 6) is -0.193. The standard InChI is InChI=1S/C14H18Cl2N2O2/c1-14(20)3-2-5-18(6-4-14)13(19)10-7-9(17)8-11(15)12(10)16/h7-8,20H,2-6,17H2,1H3. The van der Waals surface area contributed by atoms with Gasteiger partial charge in [-0.15, -0.1) is 0 Å². The second-order valence-corrected chi connectivity index (χ2v) is 6.29. The highest BCUT2D eigenvalue weighted by Gasteiger charge is 2.28. The molecule has 1 aromatic carbocycles. The largest absolute Gasteiger partial charge is 0.399 e. The molecule has 1 amide bonds. The van der Waals surface area contributed by atoms with E-state index in [1.807, 2.05) is 0 Å². The summed E-state index contributed by atoms with van der Waals surface area (Å²) < 4.78 is 0. The number of halogens is 2. The highest BCUT2D eigenvalue weighted by molar-refractivity contribution is 6.44. The van der Waals surface area contributed by atoms with E-state index in [4.69, 9.17) is 28.9 Å². The van der Waals surface area contributed by atoms with Gasteiger partial charge in [0.15, 0.2) is 0 Å². The minimum atomic E-state index is -0.716. The van der Waals surface area contributed by atoms with E-state index in [-0.39, 0.29) is 16.0 Å². The van der Waals surface area contributed by atoms with Crippen LogP contribution in [0.15, 0.2) is 12.1 Å². The Morgan fingerprint density at radius 1 is 1.35 bits per heavy atom. The molecule has 1 aromatic rings. The third-order valence-electron chi connectivity index (χ3n) is 3.63. The summed E-state index contributed by atoms with van der Waals surface area (Å²) in [6.07, 6.45) is 1.99. The first-order valence-electron chi connectivity index (χ1n) is 6.56. The highest BCUT2D eigenvalue weighted by Crippen LogP contribution is 2.30. The Kier molecular flexibility index (Phi) is 4.47. The van der Waals surface area contributed by atoms with Crippen LogP contribution in [0.5, 0.6) is 0 Å². The van der Waals surface area contributed by atoms with Crippen molar-refractivity contribution in [2.45, 2.75) is 31.8 Å². The van der Waals surface area contributed by atoms with Crippen LogP contribution in [-0.4, -0.2) is 34.6 Å². The van der Waals surface area contributed by atoms with Crippen molar-refractivity contribution in [1.82, 2.24) is 4.90 Å². The van der Waals surface area contributed by atoms with Gasteiger partial charge in [0.2, 0.25) is 0 Å². The van der Waals surface area contributed by atoms with Gasteiger partial charge >= 0.3 is 0 Å². The van der Waals surface area contributed by atoms with Crippen LogP contribution >= 0.6 is 23.2 Å². The molecule has 0 spiro atoms. The molecular formula is C14H18Cl2N2O2. The highest BCUT2D eigenvalue weighted by atomic mass is 35.5. The number of carbonyl (C=O) groups is 1. The third kappa shape index (κ3) is 3.37. The molecule has 1 unspecified atom stereocenters. The molecule has 1 aliphatic heterocycles. The number of nitrogens with two attached hydrogens (primary N) is 1. The first kappa shape index (κ1) is 15.4. The number of hydrogen-bond acceptors (Lipinski definition) is 3. The molecule has 0 aliphatic carbocycles. The van der Waals surface area contributed by atoms with Crippen molar-refractivity contribution in [3.05, 3.63) is 27.7 Å². The van der Waals surface area contributed by atoms with Crippen molar-refractivity contribution in [2.24, 2.45) is 0 Å². The molecule has 0 saturated carbocycles. The maximum absolute atomic E-state index is 12.5. The van der Waals surface area contributed by atoms with Gasteiger partial charge in [0.25, 0.3) is 5.91 Å². The van der Waals surface area contributed by atoms with Gasteiger partial charge in [-0.2, -0.15) is 0 Å². The lowest BCUT2D eigenvalue weighted by Gasteiger charge is -2.23. The Hall–Kier alpha value is -0.970. The van der Waals surface area contributed by atoms with Crippen molar-refractivity contribution in [2.75, 3.05) is 18.8 Å². The van der Waals surface area contributed by atoms with Gasteiger partial charge in [-0.3, -0.25) is 4.79 Å². The van der Waals surface area contributed by atoms with E-state index in [1.54, 1.807) is 17.9 Å². The number of benzene rings is 1. The Labute approximate surface area is 128 Å². The number of nitrogens with zero attached hydrogens (tertiary/aromatic N) is 1. The Morgan fingerprint density at radius 2 is 2.05 bits per heavy atom. The molecule has 0 radical (unpaired) electrons. The number of carbonyl (C=O) groups excluding carboxylic acids is 1. The van der Waals surface area contributed by atoms with E-state index in [1.165, 1.54) is 6.07 Å². The van der Waals surface area contributed by atoms with Crippen molar-refractivity contribution in [3.8, 4) is 0 Å². The van der Waals surface area contributed by atoms with E-state index >= 15 is 0 Å². The van der Waals surface area contributed by atoms with Crippen LogP contribution in [0.3, 0.4) is 0 Å². The minimum Gasteiger partial charge on any atom is -0.399 e. The number of rotatable bonds is 1. The van der Waals surface area contributed by atoms with E-state index in [0.29, 0.717) is 37.2 Å². The van der Waals surface area contributed by atoms with E-state index in [2.05, 4.69) is 0 Å². The number of anilines is 1. The van der Waals surface area contributed by atoms with Crippen LogP contribution in [0.1, 0.15) is 36.5 Å². The fourth-order valence-corrected chi connectivity index (χ4v) is 2.82. The van der Waals surface area contributed by atoms with Crippen LogP contribution in [0.4, 0.5) is 5.69 Å². The lowest BCUT2D eigenvalue weighted by atomic mass is 9.98. The van der Waals surface area contributed by atoms with Crippen molar-refractivity contribution in [3.63, 3.8) is 0 Å². The number of hydrogen-bond donors (Lipinski definition) is 2. The van der Waals surface area contributed by atoms with E-state index < -0.39 is 5.60 Å².